The summed E-state index contributed by atoms with van der Waals surface area (Å²) in [5.74, 6) is -0.187. The van der Waals surface area contributed by atoms with Crippen molar-refractivity contribution in [3.8, 4) is 0 Å². The van der Waals surface area contributed by atoms with Crippen LogP contribution in [0.1, 0.15) is 32.1 Å². The Hall–Kier alpha value is -2.24. The molecule has 2 rings (SSSR count). The fourth-order valence-corrected chi connectivity index (χ4v) is 1.91. The first-order chi connectivity index (χ1) is 9.75. The number of anilines is 1. The van der Waals surface area contributed by atoms with Crippen molar-refractivity contribution in [2.24, 2.45) is 0 Å². The molecular weight excluding hydrogens is 256 g/mol. The first kappa shape index (κ1) is 14.2. The van der Waals surface area contributed by atoms with Gasteiger partial charge in [0.15, 0.2) is 0 Å². The summed E-state index contributed by atoms with van der Waals surface area (Å²) < 4.78 is 0. The van der Waals surface area contributed by atoms with Gasteiger partial charge in [-0.25, -0.2) is 4.98 Å². The minimum Gasteiger partial charge on any atom is -0.481 e. The van der Waals surface area contributed by atoms with Gasteiger partial charge in [0.05, 0.1) is 5.52 Å². The van der Waals surface area contributed by atoms with Crippen molar-refractivity contribution in [1.82, 2.24) is 15.2 Å². The monoisotopic (exact) mass is 274 g/mol. The van der Waals surface area contributed by atoms with Crippen LogP contribution in [0.4, 0.5) is 5.95 Å². The van der Waals surface area contributed by atoms with E-state index < -0.39 is 5.97 Å². The molecule has 0 atom stereocenters. The van der Waals surface area contributed by atoms with Crippen LogP contribution < -0.4 is 5.32 Å². The van der Waals surface area contributed by atoms with Crippen molar-refractivity contribution in [1.29, 1.82) is 0 Å². The van der Waals surface area contributed by atoms with Crippen LogP contribution in [0.25, 0.3) is 11.0 Å². The maximum Gasteiger partial charge on any atom is 0.303 e. The molecule has 6 nitrogen and oxygen atoms in total. The van der Waals surface area contributed by atoms with E-state index in [4.69, 9.17) is 5.11 Å². The molecule has 0 spiro atoms. The number of carboxylic acids is 1. The first-order valence-electron chi connectivity index (χ1n) is 6.81. The Kier molecular flexibility index (Phi) is 5.23. The van der Waals surface area contributed by atoms with E-state index in [1.165, 1.54) is 0 Å². The lowest BCUT2D eigenvalue weighted by molar-refractivity contribution is -0.137. The second kappa shape index (κ2) is 7.37. The normalized spacial score (nSPS) is 10.6. The number of carbonyl (C=O) groups is 1. The largest absolute Gasteiger partial charge is 0.481 e. The quantitative estimate of drug-likeness (QED) is 0.719. The fourth-order valence-electron chi connectivity index (χ4n) is 1.91. The Labute approximate surface area is 117 Å². The van der Waals surface area contributed by atoms with E-state index in [9.17, 15) is 4.79 Å². The SMILES string of the molecule is O=C(O)CCCCCCNc1nnc2ccccc2n1. The maximum absolute atomic E-state index is 10.3. The first-order valence-corrected chi connectivity index (χ1v) is 6.81. The van der Waals surface area contributed by atoms with Gasteiger partial charge in [0.1, 0.15) is 5.52 Å². The topological polar surface area (TPSA) is 88.0 Å². The fraction of sp³-hybridized carbons (Fsp3) is 0.429. The average molecular weight is 274 g/mol. The Morgan fingerprint density at radius 3 is 2.60 bits per heavy atom. The minimum atomic E-state index is -0.723. The molecule has 2 N–H and O–H groups in total. The van der Waals surface area contributed by atoms with Crippen LogP contribution in [0.2, 0.25) is 0 Å². The Morgan fingerprint density at radius 2 is 1.80 bits per heavy atom. The number of carboxylic acid groups (broad SMARTS) is 1. The summed E-state index contributed by atoms with van der Waals surface area (Å²) >= 11 is 0. The molecule has 2 aromatic rings. The zero-order valence-corrected chi connectivity index (χ0v) is 11.2. The van der Waals surface area contributed by atoms with Crippen LogP contribution in [0.15, 0.2) is 24.3 Å². The third kappa shape index (κ3) is 4.46. The second-order valence-electron chi connectivity index (χ2n) is 4.61. The molecule has 0 aliphatic rings. The van der Waals surface area contributed by atoms with Gasteiger partial charge < -0.3 is 10.4 Å². The van der Waals surface area contributed by atoms with E-state index in [1.54, 1.807) is 0 Å². The van der Waals surface area contributed by atoms with Gasteiger partial charge in [-0.15, -0.1) is 10.2 Å². The van der Waals surface area contributed by atoms with Gasteiger partial charge in [-0.05, 0) is 25.0 Å². The molecule has 0 radical (unpaired) electrons. The highest BCUT2D eigenvalue weighted by atomic mass is 16.4. The number of fused-ring (bicyclic) bond motifs is 1. The van der Waals surface area contributed by atoms with Crippen molar-refractivity contribution >= 4 is 23.0 Å². The molecule has 0 bridgehead atoms. The van der Waals surface area contributed by atoms with Gasteiger partial charge >= 0.3 is 5.97 Å². The maximum atomic E-state index is 10.3. The Morgan fingerprint density at radius 1 is 1.05 bits per heavy atom. The third-order valence-corrected chi connectivity index (χ3v) is 2.96. The number of rotatable bonds is 8. The molecule has 6 heteroatoms. The highest BCUT2D eigenvalue weighted by molar-refractivity contribution is 5.74. The van der Waals surface area contributed by atoms with E-state index in [2.05, 4.69) is 20.5 Å². The average Bonchev–Trinajstić information content (AvgIpc) is 2.46. The van der Waals surface area contributed by atoms with Gasteiger partial charge in [-0.2, -0.15) is 0 Å². The standard InChI is InChI=1S/C14H18N4O2/c19-13(20)9-3-1-2-6-10-15-14-16-11-7-4-5-8-12(11)17-18-14/h4-5,7-8H,1-3,6,9-10H2,(H,19,20)(H,15,16,18). The number of aliphatic carboxylic acids is 1. The lowest BCUT2D eigenvalue weighted by Crippen LogP contribution is -2.06. The van der Waals surface area contributed by atoms with Crippen LogP contribution in [0.5, 0.6) is 0 Å². The summed E-state index contributed by atoms with van der Waals surface area (Å²) in [4.78, 5) is 14.7. The molecule has 1 aromatic carbocycles. The molecule has 1 heterocycles. The summed E-state index contributed by atoms with van der Waals surface area (Å²) in [5.41, 5.74) is 1.61. The number of nitrogens with zero attached hydrogens (tertiary/aromatic N) is 3. The number of benzene rings is 1. The van der Waals surface area contributed by atoms with Crippen LogP contribution in [-0.2, 0) is 4.79 Å². The highest BCUT2D eigenvalue weighted by Crippen LogP contribution is 2.09. The van der Waals surface area contributed by atoms with Crippen molar-refractivity contribution in [2.45, 2.75) is 32.1 Å². The van der Waals surface area contributed by atoms with Crippen molar-refractivity contribution in [3.63, 3.8) is 0 Å². The van der Waals surface area contributed by atoms with Crippen molar-refractivity contribution < 1.29 is 9.90 Å². The molecule has 0 fully saturated rings. The van der Waals surface area contributed by atoms with E-state index in [0.717, 1.165) is 43.3 Å². The van der Waals surface area contributed by atoms with E-state index in [1.807, 2.05) is 24.3 Å². The van der Waals surface area contributed by atoms with Crippen LogP contribution in [-0.4, -0.2) is 32.8 Å². The van der Waals surface area contributed by atoms with Crippen LogP contribution in [0.3, 0.4) is 0 Å². The molecule has 0 saturated carbocycles. The molecule has 20 heavy (non-hydrogen) atoms. The van der Waals surface area contributed by atoms with E-state index >= 15 is 0 Å². The predicted octanol–water partition coefficient (Wildman–Crippen LogP) is 2.47. The van der Waals surface area contributed by atoms with E-state index in [0.29, 0.717) is 5.95 Å². The number of para-hydroxylation sites is 1. The molecule has 0 unspecified atom stereocenters. The van der Waals surface area contributed by atoms with Crippen molar-refractivity contribution in [3.05, 3.63) is 24.3 Å². The van der Waals surface area contributed by atoms with Gasteiger partial charge in [-0.1, -0.05) is 25.0 Å². The highest BCUT2D eigenvalue weighted by Gasteiger charge is 2.00. The third-order valence-electron chi connectivity index (χ3n) is 2.96. The summed E-state index contributed by atoms with van der Waals surface area (Å²) in [5, 5.41) is 19.8. The Balaban J connectivity index is 1.69. The zero-order chi connectivity index (χ0) is 14.2. The lowest BCUT2D eigenvalue weighted by Gasteiger charge is -2.04. The molecule has 0 amide bonds. The van der Waals surface area contributed by atoms with Crippen LogP contribution in [0, 0.1) is 0 Å². The smallest absolute Gasteiger partial charge is 0.303 e. The minimum absolute atomic E-state index is 0.255. The lowest BCUT2D eigenvalue weighted by atomic mass is 10.1. The molecule has 106 valence electrons. The van der Waals surface area contributed by atoms with Crippen molar-refractivity contribution in [2.75, 3.05) is 11.9 Å². The number of nitrogens with one attached hydrogen (secondary N) is 1. The second-order valence-corrected chi connectivity index (χ2v) is 4.61. The summed E-state index contributed by atoms with van der Waals surface area (Å²) in [6, 6.07) is 7.61. The Bertz CT molecular complexity index is 574. The summed E-state index contributed by atoms with van der Waals surface area (Å²) in [7, 11) is 0. The zero-order valence-electron chi connectivity index (χ0n) is 11.2. The summed E-state index contributed by atoms with van der Waals surface area (Å²) in [6.45, 7) is 0.771. The van der Waals surface area contributed by atoms with Gasteiger partial charge in [0.2, 0.25) is 5.95 Å². The van der Waals surface area contributed by atoms with Gasteiger partial charge in [-0.3, -0.25) is 4.79 Å². The number of aromatic nitrogens is 3. The number of unbranched alkanes of at least 4 members (excludes halogenated alkanes) is 3. The summed E-state index contributed by atoms with van der Waals surface area (Å²) in [6.07, 6.45) is 3.90. The van der Waals surface area contributed by atoms with Gasteiger partial charge in [0, 0.05) is 13.0 Å². The molecule has 0 aliphatic carbocycles. The van der Waals surface area contributed by atoms with E-state index in [-0.39, 0.29) is 6.42 Å². The van der Waals surface area contributed by atoms with Crippen LogP contribution >= 0.6 is 0 Å². The molecule has 0 aliphatic heterocycles. The number of hydrogen-bond acceptors (Lipinski definition) is 5. The van der Waals surface area contributed by atoms with Gasteiger partial charge in [0.25, 0.3) is 0 Å². The molecule has 0 saturated heterocycles. The molecular formula is C14H18N4O2. The number of hydrogen-bond donors (Lipinski definition) is 2. The predicted molar refractivity (Wildman–Crippen MR) is 76.5 cm³/mol. The molecule has 1 aromatic heterocycles.